The highest BCUT2D eigenvalue weighted by atomic mass is 35.5. The van der Waals surface area contributed by atoms with Crippen LogP contribution in [0.15, 0.2) is 65.6 Å². The fraction of sp³-hybridized carbons (Fsp3) is 0.0870. The molecule has 1 aliphatic rings. The van der Waals surface area contributed by atoms with Gasteiger partial charge in [0.05, 0.1) is 33.5 Å². The molecule has 4 rings (SSSR count). The van der Waals surface area contributed by atoms with Crippen molar-refractivity contribution in [1.29, 1.82) is 5.26 Å². The van der Waals surface area contributed by atoms with E-state index < -0.39 is 21.9 Å². The Balaban J connectivity index is 1.64. The zero-order valence-electron chi connectivity index (χ0n) is 16.9. The molecule has 0 bridgehead atoms. The van der Waals surface area contributed by atoms with E-state index in [9.17, 15) is 23.1 Å². The van der Waals surface area contributed by atoms with Crippen molar-refractivity contribution in [1.82, 2.24) is 0 Å². The van der Waals surface area contributed by atoms with Crippen LogP contribution in [-0.2, 0) is 16.4 Å². The third-order valence-corrected chi connectivity index (χ3v) is 7.25. The van der Waals surface area contributed by atoms with Crippen molar-refractivity contribution in [2.45, 2.75) is 11.3 Å². The van der Waals surface area contributed by atoms with Gasteiger partial charge in [-0.1, -0.05) is 17.7 Å². The molecule has 2 N–H and O–H groups in total. The first-order valence-corrected chi connectivity index (χ1v) is 11.5. The zero-order valence-corrected chi connectivity index (χ0v) is 18.5. The van der Waals surface area contributed by atoms with Gasteiger partial charge in [-0.15, -0.1) is 0 Å². The Bertz CT molecular complexity index is 1450. The molecule has 0 radical (unpaired) electrons. The molecule has 0 saturated heterocycles. The van der Waals surface area contributed by atoms with E-state index in [1.165, 1.54) is 40.7 Å². The average Bonchev–Trinajstić information content (AvgIpc) is 3.23. The molecule has 0 saturated carbocycles. The molecule has 0 atom stereocenters. The lowest BCUT2D eigenvalue weighted by Gasteiger charge is -2.20. The number of nitrogens with zero attached hydrogens (tertiary/aromatic N) is 2. The summed E-state index contributed by atoms with van der Waals surface area (Å²) in [5, 5.41) is 21.4. The first-order chi connectivity index (χ1) is 15.7. The molecule has 0 aromatic heterocycles. The van der Waals surface area contributed by atoms with Crippen molar-refractivity contribution in [2.24, 2.45) is 0 Å². The van der Waals surface area contributed by atoms with Gasteiger partial charge in [0.25, 0.3) is 15.9 Å². The molecule has 0 unspecified atom stereocenters. The van der Waals surface area contributed by atoms with Crippen LogP contribution in [0.2, 0.25) is 5.02 Å². The Morgan fingerprint density at radius 3 is 2.61 bits per heavy atom. The Morgan fingerprint density at radius 2 is 1.88 bits per heavy atom. The Kier molecular flexibility index (Phi) is 5.80. The number of benzene rings is 3. The van der Waals surface area contributed by atoms with Gasteiger partial charge in [0, 0.05) is 17.1 Å². The number of anilines is 2. The van der Waals surface area contributed by atoms with Gasteiger partial charge in [-0.3, -0.25) is 9.10 Å². The van der Waals surface area contributed by atoms with E-state index >= 15 is 0 Å². The summed E-state index contributed by atoms with van der Waals surface area (Å²) in [5.74, 6) is -2.00. The third kappa shape index (κ3) is 4.26. The maximum atomic E-state index is 13.3. The molecule has 8 nitrogen and oxygen atoms in total. The first kappa shape index (κ1) is 22.3. The molecule has 3 aromatic carbocycles. The number of hydrogen-bond donors (Lipinski definition) is 2. The number of hydrogen-bond acceptors (Lipinski definition) is 5. The van der Waals surface area contributed by atoms with Crippen molar-refractivity contribution in [3.8, 4) is 6.07 Å². The average molecular weight is 482 g/mol. The lowest BCUT2D eigenvalue weighted by molar-refractivity contribution is 0.0698. The molecule has 1 heterocycles. The van der Waals surface area contributed by atoms with Crippen LogP contribution in [0.3, 0.4) is 0 Å². The fourth-order valence-corrected chi connectivity index (χ4v) is 5.35. The second-order valence-electron chi connectivity index (χ2n) is 7.26. The lowest BCUT2D eigenvalue weighted by Crippen LogP contribution is -2.29. The Morgan fingerprint density at radius 1 is 1.09 bits per heavy atom. The fourth-order valence-electron chi connectivity index (χ4n) is 3.61. The van der Waals surface area contributed by atoms with E-state index in [1.807, 2.05) is 6.07 Å². The number of carbonyl (C=O) groups excluding carboxylic acids is 1. The molecule has 0 aliphatic carbocycles. The van der Waals surface area contributed by atoms with Crippen LogP contribution in [0.1, 0.15) is 31.8 Å². The number of sulfonamides is 1. The molecule has 1 aliphatic heterocycles. The van der Waals surface area contributed by atoms with Gasteiger partial charge in [0.1, 0.15) is 0 Å². The first-order valence-electron chi connectivity index (χ1n) is 9.71. The molecule has 1 amide bonds. The topological polar surface area (TPSA) is 128 Å². The van der Waals surface area contributed by atoms with E-state index in [0.717, 1.165) is 11.6 Å². The van der Waals surface area contributed by atoms with Crippen LogP contribution >= 0.6 is 11.6 Å². The quantitative estimate of drug-likeness (QED) is 0.568. The van der Waals surface area contributed by atoms with Gasteiger partial charge in [0.2, 0.25) is 0 Å². The summed E-state index contributed by atoms with van der Waals surface area (Å²) in [6, 6.07) is 16.2. The second kappa shape index (κ2) is 8.58. The number of halogens is 1. The molecular weight excluding hydrogens is 466 g/mol. The standard InChI is InChI=1S/C23H16ClN3O5S/c24-17-5-7-21-15(11-17)8-9-27(21)33(31,32)18-3-1-2-16(12-18)22(28)26-20-6-4-14(13-25)10-19(20)23(29)30/h1-7,10-12H,8-9H2,(H,26,28)(H,29,30). The molecule has 166 valence electrons. The van der Waals surface area contributed by atoms with Gasteiger partial charge in [-0.2, -0.15) is 5.26 Å². The zero-order chi connectivity index (χ0) is 23.8. The number of fused-ring (bicyclic) bond motifs is 1. The summed E-state index contributed by atoms with van der Waals surface area (Å²) in [5.41, 5.74) is 1.27. The van der Waals surface area contributed by atoms with E-state index in [-0.39, 0.29) is 33.8 Å². The van der Waals surface area contributed by atoms with Crippen LogP contribution < -0.4 is 9.62 Å². The Hall–Kier alpha value is -3.87. The smallest absolute Gasteiger partial charge is 0.337 e. The SMILES string of the molecule is N#Cc1ccc(NC(=O)c2cccc(S(=O)(=O)N3CCc4cc(Cl)ccc43)c2)c(C(=O)O)c1. The highest BCUT2D eigenvalue weighted by Gasteiger charge is 2.31. The number of carboxylic acids is 1. The number of carbonyl (C=O) groups is 2. The van der Waals surface area contributed by atoms with Crippen molar-refractivity contribution in [3.63, 3.8) is 0 Å². The predicted molar refractivity (Wildman–Crippen MR) is 122 cm³/mol. The molecule has 0 spiro atoms. The van der Waals surface area contributed by atoms with E-state index in [0.29, 0.717) is 17.1 Å². The molecule has 10 heteroatoms. The number of nitrogens with one attached hydrogen (secondary N) is 1. The maximum absolute atomic E-state index is 13.3. The van der Waals surface area contributed by atoms with Crippen molar-refractivity contribution in [3.05, 3.63) is 87.9 Å². The minimum atomic E-state index is -3.94. The summed E-state index contributed by atoms with van der Waals surface area (Å²) in [6.07, 6.45) is 0.520. The van der Waals surface area contributed by atoms with Crippen LogP contribution in [-0.4, -0.2) is 31.9 Å². The number of rotatable bonds is 5. The maximum Gasteiger partial charge on any atom is 0.337 e. The minimum Gasteiger partial charge on any atom is -0.478 e. The summed E-state index contributed by atoms with van der Waals surface area (Å²) >= 11 is 6.01. The normalized spacial score (nSPS) is 12.7. The summed E-state index contributed by atoms with van der Waals surface area (Å²) < 4.78 is 27.8. The van der Waals surface area contributed by atoms with Crippen molar-refractivity contribution < 1.29 is 23.1 Å². The van der Waals surface area contributed by atoms with Crippen LogP contribution in [0.5, 0.6) is 0 Å². The summed E-state index contributed by atoms with van der Waals surface area (Å²) in [4.78, 5) is 24.2. The summed E-state index contributed by atoms with van der Waals surface area (Å²) in [7, 11) is -3.94. The van der Waals surface area contributed by atoms with E-state index in [4.69, 9.17) is 16.9 Å². The van der Waals surface area contributed by atoms with Gasteiger partial charge in [-0.25, -0.2) is 13.2 Å². The monoisotopic (exact) mass is 481 g/mol. The number of nitriles is 1. The third-order valence-electron chi connectivity index (χ3n) is 5.21. The molecule has 33 heavy (non-hydrogen) atoms. The molecule has 0 fully saturated rings. The highest BCUT2D eigenvalue weighted by Crippen LogP contribution is 2.34. The molecular formula is C23H16ClN3O5S. The number of aromatic carboxylic acids is 1. The number of amides is 1. The summed E-state index contributed by atoms with van der Waals surface area (Å²) in [6.45, 7) is 0.252. The van der Waals surface area contributed by atoms with E-state index in [2.05, 4.69) is 5.32 Å². The predicted octanol–water partition coefficient (Wildman–Crippen LogP) is 3.91. The van der Waals surface area contributed by atoms with Crippen molar-refractivity contribution in [2.75, 3.05) is 16.2 Å². The van der Waals surface area contributed by atoms with Crippen LogP contribution in [0.25, 0.3) is 0 Å². The van der Waals surface area contributed by atoms with E-state index in [1.54, 1.807) is 18.2 Å². The highest BCUT2D eigenvalue weighted by molar-refractivity contribution is 7.92. The largest absolute Gasteiger partial charge is 0.478 e. The lowest BCUT2D eigenvalue weighted by atomic mass is 10.1. The van der Waals surface area contributed by atoms with Gasteiger partial charge in [-0.05, 0) is 66.6 Å². The van der Waals surface area contributed by atoms with Crippen molar-refractivity contribution >= 4 is 44.9 Å². The Labute approximate surface area is 194 Å². The van der Waals surface area contributed by atoms with Crippen LogP contribution in [0.4, 0.5) is 11.4 Å². The van der Waals surface area contributed by atoms with Gasteiger partial charge in [0.15, 0.2) is 0 Å². The molecule has 3 aromatic rings. The second-order valence-corrected chi connectivity index (χ2v) is 9.56. The van der Waals surface area contributed by atoms with Crippen LogP contribution in [0, 0.1) is 11.3 Å². The van der Waals surface area contributed by atoms with Gasteiger partial charge < -0.3 is 10.4 Å². The minimum absolute atomic E-state index is 0.00916. The number of carboxylic acid groups (broad SMARTS) is 1. The van der Waals surface area contributed by atoms with Gasteiger partial charge >= 0.3 is 5.97 Å².